The van der Waals surface area contributed by atoms with E-state index in [-0.39, 0.29) is 75.9 Å². The molecule has 0 aliphatic heterocycles. The van der Waals surface area contributed by atoms with Gasteiger partial charge in [0.05, 0.1) is 0 Å². The van der Waals surface area contributed by atoms with Gasteiger partial charge in [0.2, 0.25) is 0 Å². The maximum Gasteiger partial charge on any atom is 2.00 e. The summed E-state index contributed by atoms with van der Waals surface area (Å²) in [5.74, 6) is 0. The van der Waals surface area contributed by atoms with Crippen molar-refractivity contribution in [2.24, 2.45) is 0 Å². The van der Waals surface area contributed by atoms with Gasteiger partial charge in [0, 0.05) is 0 Å². The van der Waals surface area contributed by atoms with Gasteiger partial charge in [0.1, 0.15) is 0 Å². The average Bonchev–Trinajstić information content (AvgIpc) is 1.27. The van der Waals surface area contributed by atoms with Gasteiger partial charge in [-0.05, 0) is 0 Å². The molecule has 0 aliphatic carbocycles. The Hall–Kier alpha value is 2.75. The molecule has 0 bridgehead atoms. The van der Waals surface area contributed by atoms with Crippen LogP contribution in [-0.4, -0.2) is 34.4 Å². The van der Waals surface area contributed by atoms with E-state index in [1.165, 1.54) is 0 Å². The third-order valence-electron chi connectivity index (χ3n) is 0.596. The molecule has 0 atom stereocenters. The van der Waals surface area contributed by atoms with E-state index in [9.17, 15) is 0 Å². The minimum absolute atomic E-state index is 0. The van der Waals surface area contributed by atoms with Crippen molar-refractivity contribution >= 4 is 31.6 Å². The van der Waals surface area contributed by atoms with Crippen LogP contribution in [0.1, 0.15) is 27.7 Å². The van der Waals surface area contributed by atoms with Gasteiger partial charge < -0.3 is 42.5 Å². The van der Waals surface area contributed by atoms with Crippen LogP contribution < -0.4 is 52.8 Å². The summed E-state index contributed by atoms with van der Waals surface area (Å²) in [6.45, 7) is 9.01. The maximum atomic E-state index is 2.25. The minimum atomic E-state index is 0. The van der Waals surface area contributed by atoms with Crippen molar-refractivity contribution in [1.82, 2.24) is 0 Å². The van der Waals surface area contributed by atoms with Gasteiger partial charge in [0.15, 0.2) is 0 Å². The largest absolute Gasteiger partial charge is 2.00 e. The van der Waals surface area contributed by atoms with Gasteiger partial charge in [-0.2, -0.15) is 11.3 Å². The van der Waals surface area contributed by atoms with E-state index in [1.807, 2.05) is 0 Å². The second kappa shape index (κ2) is 18.5. The molecule has 0 fully saturated rings. The zero-order valence-corrected chi connectivity index (χ0v) is 13.5. The van der Waals surface area contributed by atoms with E-state index < -0.39 is 0 Å². The van der Waals surface area contributed by atoms with Crippen LogP contribution in [-0.2, 0) is 0 Å². The van der Waals surface area contributed by atoms with E-state index in [0.717, 1.165) is 11.3 Å². The fraction of sp³-hybridized carbons (Fsp3) is 1.00. The molecule has 0 heterocycles. The van der Waals surface area contributed by atoms with Crippen molar-refractivity contribution in [1.29, 1.82) is 0 Å². The van der Waals surface area contributed by atoms with Crippen molar-refractivity contribution in [3.8, 4) is 0 Å². The van der Waals surface area contributed by atoms with Gasteiger partial charge in [-0.15, -0.1) is 0 Å². The molecule has 0 aromatic heterocycles. The molecule has 0 aromatic carbocycles. The monoisotopic (exact) mass is 306 g/mol. The molecule has 0 spiro atoms. The van der Waals surface area contributed by atoms with Crippen molar-refractivity contribution in [2.75, 3.05) is 0 Å². The maximum absolute atomic E-state index is 2.25. The first-order valence-corrected chi connectivity index (χ1v) is 3.86. The third-order valence-corrected chi connectivity index (χ3v) is 1.79. The van der Waals surface area contributed by atoms with Crippen LogP contribution in [0.2, 0.25) is 0 Å². The second-order valence-corrected chi connectivity index (χ2v) is 4.70. The van der Waals surface area contributed by atoms with E-state index in [4.69, 9.17) is 0 Å². The Kier molecular flexibility index (Phi) is 49.2. The fourth-order valence-electron chi connectivity index (χ4n) is 0.596. The van der Waals surface area contributed by atoms with Crippen LogP contribution in [0.25, 0.3) is 0 Å². The van der Waals surface area contributed by atoms with E-state index in [2.05, 4.69) is 27.7 Å². The molecule has 0 nitrogen and oxygen atoms in total. The Morgan fingerprint density at radius 3 is 1.00 bits per heavy atom. The number of rotatable bonds is 2. The van der Waals surface area contributed by atoms with E-state index in [1.54, 1.807) is 8.58 Å². The minimum Gasteiger partial charge on any atom is -1.00 e. The van der Waals surface area contributed by atoms with Gasteiger partial charge >= 0.3 is 41.9 Å². The summed E-state index contributed by atoms with van der Waals surface area (Å²) in [7, 11) is 1.58. The molecule has 0 saturated heterocycles. The number of halogens is 2. The summed E-state index contributed by atoms with van der Waals surface area (Å²) in [5, 5.41) is 0. The molecule has 0 aliphatic rings. The molecule has 0 amide bonds. The summed E-state index contributed by atoms with van der Waals surface area (Å²) in [4.78, 5) is 0. The molecular weight excluding hydrogens is 294 g/mol. The Morgan fingerprint density at radius 2 is 1.00 bits per heavy atom. The molecule has 11 heavy (non-hydrogen) atoms. The quantitative estimate of drug-likeness (QED) is 0.352. The van der Waals surface area contributed by atoms with Crippen molar-refractivity contribution < 1.29 is 52.8 Å². The predicted molar refractivity (Wildman–Crippen MR) is 42.9 cm³/mol. The molecule has 0 radical (unpaired) electrons. The van der Waals surface area contributed by atoms with Crippen LogP contribution in [0.4, 0.5) is 0 Å². The van der Waals surface area contributed by atoms with Crippen LogP contribution in [0.15, 0.2) is 0 Å². The topological polar surface area (TPSA) is 0 Å². The Bertz CT molecular complexity index is 49.8. The normalized spacial score (nSPS) is 7.09. The predicted octanol–water partition coefficient (Wildman–Crippen LogP) is -6.62. The Morgan fingerprint density at radius 1 is 0.818 bits per heavy atom. The van der Waals surface area contributed by atoms with Gasteiger partial charge in [-0.25, -0.2) is 0 Å². The van der Waals surface area contributed by atoms with Crippen LogP contribution in [0.3, 0.4) is 0 Å². The molecule has 5 heteroatoms. The summed E-state index contributed by atoms with van der Waals surface area (Å²) < 4.78 is 0. The Balaban J connectivity index is -0.0000000300. The van der Waals surface area contributed by atoms with Crippen molar-refractivity contribution in [2.45, 2.75) is 39.0 Å². The Labute approximate surface area is 122 Å². The van der Waals surface area contributed by atoms with Gasteiger partial charge in [0.25, 0.3) is 0 Å². The smallest absolute Gasteiger partial charge is 1.00 e. The molecule has 60 valence electrons. The molecular formula is C6H14Br2LiMgP. The fourth-order valence-corrected chi connectivity index (χ4v) is 1.79. The third kappa shape index (κ3) is 32.3. The molecule has 0 N–H and O–H groups in total. The molecule has 0 aromatic rings. The summed E-state index contributed by atoms with van der Waals surface area (Å²) in [6.07, 6.45) is 0. The van der Waals surface area contributed by atoms with Crippen LogP contribution >= 0.6 is 8.58 Å². The zero-order valence-electron chi connectivity index (χ0n) is 8.06. The average molecular weight is 308 g/mol. The van der Waals surface area contributed by atoms with Gasteiger partial charge in [-0.3, -0.25) is 0 Å². The van der Waals surface area contributed by atoms with Crippen molar-refractivity contribution in [3.05, 3.63) is 0 Å². The summed E-state index contributed by atoms with van der Waals surface area (Å²) in [6, 6.07) is 0. The number of hydrogen-bond donors (Lipinski definition) is 0. The first-order chi connectivity index (χ1) is 3.13. The first kappa shape index (κ1) is 29.2. The molecule has 0 saturated carbocycles. The molecule has 0 unspecified atom stereocenters. The number of hydrogen-bond acceptors (Lipinski definition) is 0. The van der Waals surface area contributed by atoms with Gasteiger partial charge in [-0.1, -0.05) is 27.7 Å². The standard InChI is InChI=1S/C6H14P.2BrH.Li.Mg/c1-5(2)7-6(3)4;;;;/h5-6H,1-4H3;2*1H;;/q-1;;;+1;+2/p-2. The van der Waals surface area contributed by atoms with Crippen LogP contribution in [0, 0.1) is 0 Å². The van der Waals surface area contributed by atoms with E-state index in [0.29, 0.717) is 0 Å². The summed E-state index contributed by atoms with van der Waals surface area (Å²) >= 11 is 0. The van der Waals surface area contributed by atoms with E-state index >= 15 is 0 Å². The first-order valence-electron chi connectivity index (χ1n) is 2.83. The summed E-state index contributed by atoms with van der Waals surface area (Å²) in [5.41, 5.74) is 1.69. The zero-order chi connectivity index (χ0) is 5.86. The second-order valence-electron chi connectivity index (χ2n) is 2.34. The van der Waals surface area contributed by atoms with Crippen LogP contribution in [0.5, 0.6) is 0 Å². The molecule has 0 rings (SSSR count). The SMILES string of the molecule is CC(C)[P-]C(C)C.[Br-].[Br-].[Li+].[Mg+2]. The van der Waals surface area contributed by atoms with Crippen molar-refractivity contribution in [3.63, 3.8) is 0 Å².